The third-order valence-electron chi connectivity index (χ3n) is 10.6. The van der Waals surface area contributed by atoms with Gasteiger partial charge in [0.25, 0.3) is 0 Å². The van der Waals surface area contributed by atoms with Gasteiger partial charge in [-0.25, -0.2) is 0 Å². The highest BCUT2D eigenvalue weighted by molar-refractivity contribution is 6.30. The number of aliphatic hydroxyl groups is 1. The number of ketones is 1. The van der Waals surface area contributed by atoms with Crippen molar-refractivity contribution in [1.29, 1.82) is 0 Å². The molecule has 1 heterocycles. The molecule has 0 unspecified atom stereocenters. The third kappa shape index (κ3) is 3.62. The number of nitrogens with two attached hydrogens (primary N) is 1. The van der Waals surface area contributed by atoms with Crippen LogP contribution in [0.4, 0.5) is 0 Å². The van der Waals surface area contributed by atoms with Crippen LogP contribution in [0, 0.1) is 34.5 Å². The lowest BCUT2D eigenvalue weighted by molar-refractivity contribution is -0.185. The van der Waals surface area contributed by atoms with Crippen molar-refractivity contribution in [3.05, 3.63) is 17.4 Å². The largest absolute Gasteiger partial charge is 0.390 e. The van der Waals surface area contributed by atoms with Crippen molar-refractivity contribution < 1.29 is 14.6 Å². The number of ether oxygens (including phenoxy) is 1. The molecule has 0 spiro atoms. The molecule has 1 aromatic rings. The number of carbonyl (C=O) groups excluding carboxylic acids is 1. The van der Waals surface area contributed by atoms with Gasteiger partial charge in [-0.2, -0.15) is 5.10 Å². The van der Waals surface area contributed by atoms with Gasteiger partial charge in [0.15, 0.2) is 5.78 Å². The summed E-state index contributed by atoms with van der Waals surface area (Å²) in [4.78, 5) is 13.4. The predicted molar refractivity (Wildman–Crippen MR) is 128 cm³/mol. The van der Waals surface area contributed by atoms with Crippen LogP contribution in [0.25, 0.3) is 0 Å². The molecule has 0 aliphatic heterocycles. The van der Waals surface area contributed by atoms with Crippen molar-refractivity contribution in [2.24, 2.45) is 40.2 Å². The molecule has 4 fully saturated rings. The summed E-state index contributed by atoms with van der Waals surface area (Å²) in [5.41, 5.74) is 6.07. The molecule has 1 aromatic heterocycles. The molecule has 184 valence electrons. The van der Waals surface area contributed by atoms with Crippen molar-refractivity contribution in [3.8, 4) is 0 Å². The molecular formula is C26H40ClN3O3. The highest BCUT2D eigenvalue weighted by Crippen LogP contribution is 2.68. The summed E-state index contributed by atoms with van der Waals surface area (Å²) in [7, 11) is 1.80. The minimum absolute atomic E-state index is 0.0399. The van der Waals surface area contributed by atoms with E-state index in [9.17, 15) is 9.90 Å². The van der Waals surface area contributed by atoms with Gasteiger partial charge in [0.05, 0.1) is 30.0 Å². The number of halogens is 1. The average Bonchev–Trinajstić information content (AvgIpc) is 3.30. The second-order valence-electron chi connectivity index (χ2n) is 12.3. The standard InChI is InChI=1S/C26H40ClN3O3/c1-23(32)10-11-25(16-33-3)20-7-8-24(2)19(18(20)6-9-26(25,28)15-23)4-5-21(24)22(31)14-30-13-17(27)12-29-30/h12-13,18-21,32H,4-11,14-16,28H2,1-3H3/t18-,19-,20-,21+,23+,24-,25-,26-/m0/s1. The lowest BCUT2D eigenvalue weighted by Crippen LogP contribution is -2.71. The van der Waals surface area contributed by atoms with Gasteiger partial charge in [-0.1, -0.05) is 18.5 Å². The molecule has 4 saturated carbocycles. The number of hydrogen-bond donors (Lipinski definition) is 2. The van der Waals surface area contributed by atoms with E-state index in [1.54, 1.807) is 24.2 Å². The van der Waals surface area contributed by atoms with Crippen molar-refractivity contribution in [2.75, 3.05) is 13.7 Å². The van der Waals surface area contributed by atoms with Crippen LogP contribution in [0.5, 0.6) is 0 Å². The number of carbonyl (C=O) groups is 1. The topological polar surface area (TPSA) is 90.4 Å². The van der Waals surface area contributed by atoms with Crippen LogP contribution in [-0.4, -0.2) is 45.5 Å². The van der Waals surface area contributed by atoms with E-state index in [1.807, 2.05) is 6.92 Å². The smallest absolute Gasteiger partial charge is 0.157 e. The molecule has 0 aromatic carbocycles. The van der Waals surface area contributed by atoms with Gasteiger partial charge in [0.2, 0.25) is 0 Å². The SMILES string of the molecule is COC[C@]12CC[C@@](C)(O)C[C@@]1(N)CC[C@H]1[C@@H]3CC[C@H](C(=O)Cn4cc(Cl)cn4)[C@@]3(C)CC[C@@H]12. The van der Waals surface area contributed by atoms with E-state index in [-0.39, 0.29) is 22.3 Å². The van der Waals surface area contributed by atoms with Crippen LogP contribution >= 0.6 is 11.6 Å². The maximum absolute atomic E-state index is 13.4. The summed E-state index contributed by atoms with van der Waals surface area (Å²) in [5, 5.41) is 15.7. The Morgan fingerprint density at radius 1 is 1.21 bits per heavy atom. The monoisotopic (exact) mass is 477 g/mol. The van der Waals surface area contributed by atoms with Gasteiger partial charge >= 0.3 is 0 Å². The fraction of sp³-hybridized carbons (Fsp3) is 0.846. The summed E-state index contributed by atoms with van der Waals surface area (Å²) in [6, 6.07) is 0. The van der Waals surface area contributed by atoms with E-state index < -0.39 is 5.60 Å². The lowest BCUT2D eigenvalue weighted by atomic mass is 9.41. The summed E-state index contributed by atoms with van der Waals surface area (Å²) < 4.78 is 7.53. The minimum atomic E-state index is -0.692. The first kappa shape index (κ1) is 23.8. The van der Waals surface area contributed by atoms with Crippen LogP contribution in [-0.2, 0) is 16.1 Å². The lowest BCUT2D eigenvalue weighted by Gasteiger charge is -2.66. The Morgan fingerprint density at radius 3 is 2.70 bits per heavy atom. The zero-order valence-electron chi connectivity index (χ0n) is 20.4. The number of aromatic nitrogens is 2. The normalized spacial score (nSPS) is 47.0. The highest BCUT2D eigenvalue weighted by Gasteiger charge is 2.67. The van der Waals surface area contributed by atoms with Gasteiger partial charge < -0.3 is 15.6 Å². The molecule has 0 bridgehead atoms. The van der Waals surface area contributed by atoms with Crippen LogP contribution < -0.4 is 5.73 Å². The number of methoxy groups -OCH3 is 1. The van der Waals surface area contributed by atoms with E-state index >= 15 is 0 Å². The molecule has 6 nitrogen and oxygen atoms in total. The first-order chi connectivity index (χ1) is 15.5. The van der Waals surface area contributed by atoms with E-state index in [1.165, 1.54) is 0 Å². The Morgan fingerprint density at radius 2 is 2.00 bits per heavy atom. The molecule has 0 radical (unpaired) electrons. The summed E-state index contributed by atoms with van der Waals surface area (Å²) in [6.45, 7) is 5.30. The molecule has 7 heteroatoms. The van der Waals surface area contributed by atoms with Crippen LogP contribution in [0.15, 0.2) is 12.4 Å². The Balaban J connectivity index is 1.40. The quantitative estimate of drug-likeness (QED) is 0.662. The molecule has 3 N–H and O–H groups in total. The molecule has 0 saturated heterocycles. The maximum Gasteiger partial charge on any atom is 0.157 e. The summed E-state index contributed by atoms with van der Waals surface area (Å²) in [5.74, 6) is 2.01. The Bertz CT molecular complexity index is 918. The van der Waals surface area contributed by atoms with Crippen molar-refractivity contribution >= 4 is 17.4 Å². The first-order valence-corrected chi connectivity index (χ1v) is 13.1. The van der Waals surface area contributed by atoms with Crippen LogP contribution in [0.1, 0.15) is 71.6 Å². The van der Waals surface area contributed by atoms with E-state index in [0.29, 0.717) is 48.1 Å². The van der Waals surface area contributed by atoms with Crippen molar-refractivity contribution in [2.45, 2.75) is 89.3 Å². The number of Topliss-reactive ketones (excluding diaryl/α,β-unsaturated/α-hetero) is 1. The molecule has 4 aliphatic carbocycles. The zero-order valence-corrected chi connectivity index (χ0v) is 21.1. The fourth-order valence-corrected chi connectivity index (χ4v) is 9.34. The van der Waals surface area contributed by atoms with Gasteiger partial charge in [-0.3, -0.25) is 9.48 Å². The average molecular weight is 478 g/mol. The number of rotatable bonds is 5. The van der Waals surface area contributed by atoms with Crippen molar-refractivity contribution in [1.82, 2.24) is 9.78 Å². The minimum Gasteiger partial charge on any atom is -0.390 e. The number of nitrogens with zero attached hydrogens (tertiary/aromatic N) is 2. The highest BCUT2D eigenvalue weighted by atomic mass is 35.5. The van der Waals surface area contributed by atoms with E-state index in [0.717, 1.165) is 51.4 Å². The van der Waals surface area contributed by atoms with E-state index in [4.69, 9.17) is 22.1 Å². The molecule has 4 aliphatic rings. The second-order valence-corrected chi connectivity index (χ2v) is 12.8. The van der Waals surface area contributed by atoms with Crippen molar-refractivity contribution in [3.63, 3.8) is 0 Å². The van der Waals surface area contributed by atoms with Crippen LogP contribution in [0.2, 0.25) is 5.02 Å². The zero-order chi connectivity index (χ0) is 23.6. The first-order valence-electron chi connectivity index (χ1n) is 12.7. The van der Waals surface area contributed by atoms with Gasteiger partial charge in [0, 0.05) is 30.2 Å². The number of fused-ring (bicyclic) bond motifs is 5. The summed E-state index contributed by atoms with van der Waals surface area (Å²) >= 11 is 6.01. The molecule has 8 atom stereocenters. The molecule has 33 heavy (non-hydrogen) atoms. The van der Waals surface area contributed by atoms with Gasteiger partial charge in [-0.05, 0) is 87.9 Å². The molecule has 0 amide bonds. The predicted octanol–water partition coefficient (Wildman–Crippen LogP) is 4.22. The van der Waals surface area contributed by atoms with Gasteiger partial charge in [-0.15, -0.1) is 0 Å². The summed E-state index contributed by atoms with van der Waals surface area (Å²) in [6.07, 6.45) is 12.0. The Hall–Kier alpha value is -0.950. The Kier molecular flexibility index (Phi) is 5.79. The van der Waals surface area contributed by atoms with E-state index in [2.05, 4.69) is 12.0 Å². The molecule has 5 rings (SSSR count). The van der Waals surface area contributed by atoms with Crippen LogP contribution in [0.3, 0.4) is 0 Å². The fourth-order valence-electron chi connectivity index (χ4n) is 9.18. The second kappa shape index (κ2) is 8.04. The Labute approximate surface area is 202 Å². The van der Waals surface area contributed by atoms with Gasteiger partial charge in [0.1, 0.15) is 0 Å². The maximum atomic E-state index is 13.4. The third-order valence-corrected chi connectivity index (χ3v) is 10.8. The number of hydrogen-bond acceptors (Lipinski definition) is 5. The molecular weight excluding hydrogens is 438 g/mol.